The first-order chi connectivity index (χ1) is 7.72. The zero-order valence-electron chi connectivity index (χ0n) is 10.1. The first-order valence-electron chi connectivity index (χ1n) is 5.48. The molecule has 0 atom stereocenters. The first-order valence-corrected chi connectivity index (χ1v) is 5.48. The van der Waals surface area contributed by atoms with E-state index in [2.05, 4.69) is 0 Å². The van der Waals surface area contributed by atoms with Crippen molar-refractivity contribution in [3.63, 3.8) is 0 Å². The third-order valence-corrected chi connectivity index (χ3v) is 2.27. The molecule has 0 fully saturated rings. The number of phenols is 1. The van der Waals surface area contributed by atoms with Crippen LogP contribution in [0, 0.1) is 0 Å². The molecule has 0 aromatic heterocycles. The van der Waals surface area contributed by atoms with E-state index < -0.39 is 0 Å². The average Bonchev–Trinajstić information content (AvgIpc) is 2.25. The number of rotatable bonds is 3. The number of aromatic hydroxyl groups is 1. The predicted molar refractivity (Wildman–Crippen MR) is 72.2 cm³/mol. The van der Waals surface area contributed by atoms with Crippen LogP contribution in [-0.2, 0) is 0 Å². The van der Waals surface area contributed by atoms with Crippen molar-refractivity contribution in [1.29, 1.82) is 0 Å². The molecule has 0 saturated carbocycles. The summed E-state index contributed by atoms with van der Waals surface area (Å²) in [6, 6.07) is 3.79. The van der Waals surface area contributed by atoms with E-state index in [9.17, 15) is 5.11 Å². The summed E-state index contributed by atoms with van der Waals surface area (Å²) in [7, 11) is 0. The van der Waals surface area contributed by atoms with Gasteiger partial charge in [-0.05, 0) is 44.0 Å². The Morgan fingerprint density at radius 1 is 0.750 bits per heavy atom. The molecule has 0 amide bonds. The van der Waals surface area contributed by atoms with Crippen molar-refractivity contribution in [1.82, 2.24) is 0 Å². The van der Waals surface area contributed by atoms with Crippen LogP contribution in [-0.4, -0.2) is 5.11 Å². The van der Waals surface area contributed by atoms with E-state index in [0.717, 1.165) is 16.7 Å². The van der Waals surface area contributed by atoms with E-state index in [4.69, 9.17) is 0 Å². The smallest absolute Gasteiger partial charge is 0.123 e. The highest BCUT2D eigenvalue weighted by Crippen LogP contribution is 2.26. The lowest BCUT2D eigenvalue weighted by Crippen LogP contribution is -1.84. The molecule has 0 aliphatic carbocycles. The van der Waals surface area contributed by atoms with Crippen LogP contribution >= 0.6 is 0 Å². The van der Waals surface area contributed by atoms with E-state index in [1.54, 1.807) is 6.07 Å². The molecule has 1 aromatic carbocycles. The summed E-state index contributed by atoms with van der Waals surface area (Å²) in [4.78, 5) is 0. The van der Waals surface area contributed by atoms with Crippen molar-refractivity contribution < 1.29 is 5.11 Å². The van der Waals surface area contributed by atoms with E-state index in [-0.39, 0.29) is 0 Å². The lowest BCUT2D eigenvalue weighted by atomic mass is 10.0. The van der Waals surface area contributed by atoms with Gasteiger partial charge in [-0.3, -0.25) is 0 Å². The fraction of sp³-hybridized carbons (Fsp3) is 0.200. The van der Waals surface area contributed by atoms with Gasteiger partial charge in [-0.2, -0.15) is 0 Å². The molecule has 1 heteroatoms. The molecule has 0 aliphatic rings. The van der Waals surface area contributed by atoms with Gasteiger partial charge in [0.1, 0.15) is 5.75 Å². The maximum Gasteiger partial charge on any atom is 0.123 e. The monoisotopic (exact) mass is 214 g/mol. The van der Waals surface area contributed by atoms with Gasteiger partial charge >= 0.3 is 0 Å². The largest absolute Gasteiger partial charge is 0.507 e. The molecule has 1 rings (SSSR count). The van der Waals surface area contributed by atoms with Crippen LogP contribution in [0.25, 0.3) is 18.2 Å². The van der Waals surface area contributed by atoms with Crippen LogP contribution < -0.4 is 0 Å². The number of allylic oxidation sites excluding steroid dienone is 3. The second-order valence-corrected chi connectivity index (χ2v) is 3.54. The van der Waals surface area contributed by atoms with Crippen LogP contribution in [0.2, 0.25) is 0 Å². The predicted octanol–water partition coefficient (Wildman–Crippen LogP) is 4.49. The fourth-order valence-corrected chi connectivity index (χ4v) is 1.60. The molecular formula is C15H18O. The summed E-state index contributed by atoms with van der Waals surface area (Å²) in [5, 5.41) is 9.83. The van der Waals surface area contributed by atoms with Crippen LogP contribution in [0.1, 0.15) is 37.5 Å². The highest BCUT2D eigenvalue weighted by molar-refractivity contribution is 5.71. The van der Waals surface area contributed by atoms with E-state index >= 15 is 0 Å². The Balaban J connectivity index is 3.36. The number of benzene rings is 1. The zero-order chi connectivity index (χ0) is 12.0. The normalized spacial score (nSPS) is 12.2. The minimum Gasteiger partial charge on any atom is -0.507 e. The maximum absolute atomic E-state index is 9.83. The third-order valence-electron chi connectivity index (χ3n) is 2.27. The van der Waals surface area contributed by atoms with Crippen LogP contribution in [0.15, 0.2) is 30.4 Å². The highest BCUT2D eigenvalue weighted by Gasteiger charge is 2.03. The molecule has 1 nitrogen and oxygen atoms in total. The molecule has 0 radical (unpaired) electrons. The Morgan fingerprint density at radius 2 is 1.19 bits per heavy atom. The number of hydrogen-bond acceptors (Lipinski definition) is 1. The molecule has 0 heterocycles. The number of phenolic OH excluding ortho intramolecular Hbond substituents is 1. The van der Waals surface area contributed by atoms with Crippen molar-refractivity contribution in [3.8, 4) is 5.75 Å². The third kappa shape index (κ3) is 2.86. The van der Waals surface area contributed by atoms with Crippen molar-refractivity contribution in [2.45, 2.75) is 20.8 Å². The molecule has 0 saturated heterocycles. The van der Waals surface area contributed by atoms with Crippen molar-refractivity contribution in [2.24, 2.45) is 0 Å². The van der Waals surface area contributed by atoms with Gasteiger partial charge in [0, 0.05) is 5.56 Å². The van der Waals surface area contributed by atoms with Gasteiger partial charge in [0.2, 0.25) is 0 Å². The molecule has 0 unspecified atom stereocenters. The fourth-order valence-electron chi connectivity index (χ4n) is 1.60. The van der Waals surface area contributed by atoms with Crippen LogP contribution in [0.5, 0.6) is 5.75 Å². The van der Waals surface area contributed by atoms with Crippen LogP contribution in [0.3, 0.4) is 0 Å². The summed E-state index contributed by atoms with van der Waals surface area (Å²) in [5.41, 5.74) is 3.00. The van der Waals surface area contributed by atoms with Gasteiger partial charge in [-0.15, -0.1) is 0 Å². The minimum absolute atomic E-state index is 0.319. The summed E-state index contributed by atoms with van der Waals surface area (Å²) in [5.74, 6) is 0.319. The molecule has 16 heavy (non-hydrogen) atoms. The molecule has 0 spiro atoms. The Labute approximate surface area is 97.4 Å². The molecular weight excluding hydrogens is 196 g/mol. The van der Waals surface area contributed by atoms with Gasteiger partial charge in [0.25, 0.3) is 0 Å². The summed E-state index contributed by atoms with van der Waals surface area (Å²) < 4.78 is 0. The molecule has 84 valence electrons. The molecule has 0 aliphatic heterocycles. The van der Waals surface area contributed by atoms with Gasteiger partial charge in [0.15, 0.2) is 0 Å². The van der Waals surface area contributed by atoms with Crippen molar-refractivity contribution >= 4 is 18.2 Å². The van der Waals surface area contributed by atoms with E-state index in [0.29, 0.717) is 5.75 Å². The SMILES string of the molecule is CC=Cc1cc(C=CC)c(C=CC)cc1O. The van der Waals surface area contributed by atoms with Gasteiger partial charge in [0.05, 0.1) is 0 Å². The quantitative estimate of drug-likeness (QED) is 0.785. The minimum atomic E-state index is 0.319. The van der Waals surface area contributed by atoms with Gasteiger partial charge in [-0.1, -0.05) is 36.5 Å². The second-order valence-electron chi connectivity index (χ2n) is 3.54. The average molecular weight is 214 g/mol. The van der Waals surface area contributed by atoms with Crippen LogP contribution in [0.4, 0.5) is 0 Å². The lowest BCUT2D eigenvalue weighted by Gasteiger charge is -2.06. The molecule has 1 aromatic rings. The Hall–Kier alpha value is -1.76. The standard InChI is InChI=1S/C15H18O/c1-4-7-12-10-14(9-6-3)15(16)11-13(12)8-5-2/h4-11,16H,1-3H3. The number of hydrogen-bond donors (Lipinski definition) is 1. The Morgan fingerprint density at radius 3 is 1.69 bits per heavy atom. The van der Waals surface area contributed by atoms with E-state index in [1.807, 2.05) is 63.3 Å². The maximum atomic E-state index is 9.83. The topological polar surface area (TPSA) is 20.2 Å². The van der Waals surface area contributed by atoms with Crippen molar-refractivity contribution in [2.75, 3.05) is 0 Å². The highest BCUT2D eigenvalue weighted by atomic mass is 16.3. The lowest BCUT2D eigenvalue weighted by molar-refractivity contribution is 0.474. The van der Waals surface area contributed by atoms with Gasteiger partial charge in [-0.25, -0.2) is 0 Å². The van der Waals surface area contributed by atoms with Gasteiger partial charge < -0.3 is 5.11 Å². The second kappa shape index (κ2) is 5.96. The molecule has 1 N–H and O–H groups in total. The summed E-state index contributed by atoms with van der Waals surface area (Å²) in [6.45, 7) is 5.90. The summed E-state index contributed by atoms with van der Waals surface area (Å²) >= 11 is 0. The summed E-state index contributed by atoms with van der Waals surface area (Å²) in [6.07, 6.45) is 11.8. The molecule has 0 bridgehead atoms. The van der Waals surface area contributed by atoms with E-state index in [1.165, 1.54) is 0 Å². The Kier molecular flexibility index (Phi) is 4.59. The zero-order valence-corrected chi connectivity index (χ0v) is 10.1. The van der Waals surface area contributed by atoms with Crippen molar-refractivity contribution in [3.05, 3.63) is 47.1 Å². The Bertz CT molecular complexity index is 437. The first kappa shape index (κ1) is 12.3.